The van der Waals surface area contributed by atoms with E-state index in [1.165, 1.54) is 17.2 Å². The van der Waals surface area contributed by atoms with Gasteiger partial charge in [0.1, 0.15) is 0 Å². The van der Waals surface area contributed by atoms with Crippen molar-refractivity contribution in [1.82, 2.24) is 15.3 Å². The van der Waals surface area contributed by atoms with E-state index in [0.717, 1.165) is 6.42 Å². The number of rotatable bonds is 5. The number of benzene rings is 1. The number of nitrogens with one attached hydrogen (secondary N) is 3. The molecule has 0 fully saturated rings. The van der Waals surface area contributed by atoms with Crippen LogP contribution in [0.1, 0.15) is 55.3 Å². The Kier molecular flexibility index (Phi) is 4.88. The molecule has 132 valence electrons. The summed E-state index contributed by atoms with van der Waals surface area (Å²) in [7, 11) is 0. The Morgan fingerprint density at radius 1 is 1.20 bits per heavy atom. The molecule has 2 atom stereocenters. The highest BCUT2D eigenvalue weighted by atomic mass is 16.2. The molecule has 1 aliphatic carbocycles. The lowest BCUT2D eigenvalue weighted by atomic mass is 9.89. The van der Waals surface area contributed by atoms with Crippen molar-refractivity contribution in [2.45, 2.75) is 45.1 Å². The summed E-state index contributed by atoms with van der Waals surface area (Å²) >= 11 is 0. The zero-order valence-corrected chi connectivity index (χ0v) is 14.5. The molecule has 3 rings (SSSR count). The lowest BCUT2D eigenvalue weighted by Crippen LogP contribution is -2.29. The Bertz CT molecular complexity index is 853. The van der Waals surface area contributed by atoms with Crippen LogP contribution in [0.25, 0.3) is 0 Å². The van der Waals surface area contributed by atoms with Gasteiger partial charge in [-0.1, -0.05) is 38.1 Å². The monoisotopic (exact) mass is 341 g/mol. The molecule has 0 bridgehead atoms. The van der Waals surface area contributed by atoms with Crippen molar-refractivity contribution in [3.63, 3.8) is 0 Å². The predicted octanol–water partition coefficient (Wildman–Crippen LogP) is 2.00. The summed E-state index contributed by atoms with van der Waals surface area (Å²) in [6.07, 6.45) is 1.39. The van der Waals surface area contributed by atoms with Crippen molar-refractivity contribution in [1.29, 1.82) is 0 Å². The molecule has 1 aliphatic rings. The maximum atomic E-state index is 12.3. The normalized spacial score (nSPS) is 19.0. The molecule has 0 spiro atoms. The number of carbonyl (C=O) groups excluding carboxylic acids is 1. The number of fused-ring (bicyclic) bond motifs is 1. The molecular weight excluding hydrogens is 318 g/mol. The summed E-state index contributed by atoms with van der Waals surface area (Å²) in [6.45, 7) is 4.57. The Morgan fingerprint density at radius 2 is 1.92 bits per heavy atom. The Morgan fingerprint density at radius 3 is 2.60 bits per heavy atom. The van der Waals surface area contributed by atoms with Gasteiger partial charge in [-0.15, -0.1) is 0 Å². The molecule has 1 aromatic carbocycles. The topological polar surface area (TPSA) is 94.8 Å². The quantitative estimate of drug-likeness (QED) is 0.776. The molecule has 1 amide bonds. The summed E-state index contributed by atoms with van der Waals surface area (Å²) in [5.41, 5.74) is 1.97. The Labute approximate surface area is 145 Å². The molecule has 0 saturated carbocycles. The molecule has 25 heavy (non-hydrogen) atoms. The van der Waals surface area contributed by atoms with Gasteiger partial charge in [-0.3, -0.25) is 14.6 Å². The molecule has 3 N–H and O–H groups in total. The number of hydrogen-bond donors (Lipinski definition) is 3. The van der Waals surface area contributed by atoms with Crippen LogP contribution in [0, 0.1) is 5.92 Å². The van der Waals surface area contributed by atoms with Crippen LogP contribution in [-0.4, -0.2) is 15.9 Å². The summed E-state index contributed by atoms with van der Waals surface area (Å²) in [5, 5.41) is 2.79. The van der Waals surface area contributed by atoms with E-state index in [1.54, 1.807) is 0 Å². The average Bonchev–Trinajstić information content (AvgIpc) is 2.91. The van der Waals surface area contributed by atoms with Gasteiger partial charge >= 0.3 is 5.69 Å². The zero-order chi connectivity index (χ0) is 18.0. The maximum absolute atomic E-state index is 12.3. The van der Waals surface area contributed by atoms with Crippen molar-refractivity contribution >= 4 is 5.91 Å². The van der Waals surface area contributed by atoms with E-state index in [-0.39, 0.29) is 18.4 Å². The highest BCUT2D eigenvalue weighted by Gasteiger charge is 2.33. The summed E-state index contributed by atoms with van der Waals surface area (Å²) in [4.78, 5) is 39.5. The number of aromatic amines is 2. The molecule has 2 aromatic rings. The fourth-order valence-corrected chi connectivity index (χ4v) is 3.71. The van der Waals surface area contributed by atoms with Gasteiger partial charge in [0.25, 0.3) is 5.56 Å². The van der Waals surface area contributed by atoms with E-state index < -0.39 is 11.2 Å². The maximum Gasteiger partial charge on any atom is 0.325 e. The average molecular weight is 341 g/mol. The summed E-state index contributed by atoms with van der Waals surface area (Å²) < 4.78 is 0. The molecular formula is C19H23N3O3. The standard InChI is InChI=1S/C19H23N3O3/c1-11(2)16-7-12(14-5-3-4-6-15(14)16)8-17(23)20-10-13-9-18(24)22-19(25)21-13/h3-6,9,11-12,16H,7-8,10H2,1-2H3,(H,20,23)(H2,21,22,24,25)/t12-,16+/m1/s1. The van der Waals surface area contributed by atoms with Crippen LogP contribution in [0.2, 0.25) is 0 Å². The smallest absolute Gasteiger partial charge is 0.325 e. The van der Waals surface area contributed by atoms with E-state index in [4.69, 9.17) is 0 Å². The molecule has 1 aromatic heterocycles. The number of aromatic nitrogens is 2. The van der Waals surface area contributed by atoms with Gasteiger partial charge < -0.3 is 10.3 Å². The lowest BCUT2D eigenvalue weighted by molar-refractivity contribution is -0.121. The molecule has 0 saturated heterocycles. The van der Waals surface area contributed by atoms with Gasteiger partial charge in [-0.05, 0) is 35.3 Å². The third-order valence-corrected chi connectivity index (χ3v) is 4.90. The van der Waals surface area contributed by atoms with Gasteiger partial charge in [-0.25, -0.2) is 4.79 Å². The number of hydrogen-bond acceptors (Lipinski definition) is 3. The van der Waals surface area contributed by atoms with Gasteiger partial charge in [0.05, 0.1) is 6.54 Å². The predicted molar refractivity (Wildman–Crippen MR) is 95.5 cm³/mol. The fourth-order valence-electron chi connectivity index (χ4n) is 3.71. The third-order valence-electron chi connectivity index (χ3n) is 4.90. The first-order valence-electron chi connectivity index (χ1n) is 8.62. The molecule has 0 unspecified atom stereocenters. The molecule has 1 heterocycles. The van der Waals surface area contributed by atoms with E-state index in [1.807, 2.05) is 6.07 Å². The first-order chi connectivity index (χ1) is 11.9. The zero-order valence-electron chi connectivity index (χ0n) is 14.5. The molecule has 0 radical (unpaired) electrons. The van der Waals surface area contributed by atoms with Crippen LogP contribution >= 0.6 is 0 Å². The first-order valence-corrected chi connectivity index (χ1v) is 8.62. The highest BCUT2D eigenvalue weighted by molar-refractivity contribution is 5.77. The number of carbonyl (C=O) groups is 1. The van der Waals surface area contributed by atoms with Gasteiger partial charge in [0.15, 0.2) is 0 Å². The second-order valence-corrected chi connectivity index (χ2v) is 7.01. The fraction of sp³-hybridized carbons (Fsp3) is 0.421. The van der Waals surface area contributed by atoms with Crippen LogP contribution in [-0.2, 0) is 11.3 Å². The molecule has 0 aliphatic heterocycles. The lowest BCUT2D eigenvalue weighted by Gasteiger charge is -2.16. The minimum Gasteiger partial charge on any atom is -0.351 e. The highest BCUT2D eigenvalue weighted by Crippen LogP contribution is 2.46. The van der Waals surface area contributed by atoms with Crippen LogP contribution in [0.5, 0.6) is 0 Å². The van der Waals surface area contributed by atoms with Crippen molar-refractivity contribution in [2.75, 3.05) is 0 Å². The van der Waals surface area contributed by atoms with E-state index >= 15 is 0 Å². The summed E-state index contributed by atoms with van der Waals surface area (Å²) in [6, 6.07) is 9.64. The third kappa shape index (κ3) is 3.90. The second-order valence-electron chi connectivity index (χ2n) is 7.01. The van der Waals surface area contributed by atoms with E-state index in [0.29, 0.717) is 24.0 Å². The summed E-state index contributed by atoms with van der Waals surface area (Å²) in [5.74, 6) is 1.15. The minimum atomic E-state index is -0.568. The molecule has 6 heteroatoms. The minimum absolute atomic E-state index is 0.0784. The van der Waals surface area contributed by atoms with Crippen molar-refractivity contribution in [2.24, 2.45) is 5.92 Å². The largest absolute Gasteiger partial charge is 0.351 e. The van der Waals surface area contributed by atoms with E-state index in [2.05, 4.69) is 47.3 Å². The van der Waals surface area contributed by atoms with Crippen LogP contribution in [0.3, 0.4) is 0 Å². The van der Waals surface area contributed by atoms with E-state index in [9.17, 15) is 14.4 Å². The van der Waals surface area contributed by atoms with Crippen molar-refractivity contribution < 1.29 is 4.79 Å². The number of H-pyrrole nitrogens is 2. The van der Waals surface area contributed by atoms with Crippen molar-refractivity contribution in [3.05, 3.63) is 68.0 Å². The SMILES string of the molecule is CC(C)[C@@H]1C[C@H](CC(=O)NCc2cc(=O)[nH]c(=O)[nH]2)c2ccccc21. The van der Waals surface area contributed by atoms with Crippen molar-refractivity contribution in [3.8, 4) is 0 Å². The first kappa shape index (κ1) is 17.2. The second kappa shape index (κ2) is 7.09. The van der Waals surface area contributed by atoms with Crippen LogP contribution in [0.4, 0.5) is 0 Å². The Hall–Kier alpha value is -2.63. The Balaban J connectivity index is 1.65. The van der Waals surface area contributed by atoms with Gasteiger partial charge in [0, 0.05) is 18.2 Å². The number of amides is 1. The molecule has 6 nitrogen and oxygen atoms in total. The van der Waals surface area contributed by atoms with Gasteiger partial charge in [0.2, 0.25) is 5.91 Å². The van der Waals surface area contributed by atoms with Gasteiger partial charge in [-0.2, -0.15) is 0 Å². The van der Waals surface area contributed by atoms with Crippen LogP contribution < -0.4 is 16.6 Å². The van der Waals surface area contributed by atoms with Crippen LogP contribution in [0.15, 0.2) is 39.9 Å².